The predicted molar refractivity (Wildman–Crippen MR) is 73.8 cm³/mol. The Labute approximate surface area is 114 Å². The summed E-state index contributed by atoms with van der Waals surface area (Å²) in [6.45, 7) is 8.47. The molecule has 0 aliphatic carbocycles. The molecular formula is C12H24N6O. The van der Waals surface area contributed by atoms with Crippen molar-refractivity contribution >= 4 is 5.84 Å². The smallest absolute Gasteiger partial charge is 0.143 e. The van der Waals surface area contributed by atoms with Crippen LogP contribution >= 0.6 is 0 Å². The second-order valence-electron chi connectivity index (χ2n) is 5.37. The maximum absolute atomic E-state index is 8.64. The summed E-state index contributed by atoms with van der Waals surface area (Å²) >= 11 is 0. The van der Waals surface area contributed by atoms with Crippen molar-refractivity contribution in [1.29, 1.82) is 0 Å². The molecule has 3 N–H and O–H groups in total. The second-order valence-corrected chi connectivity index (χ2v) is 5.37. The largest absolute Gasteiger partial charge is 0.409 e. The van der Waals surface area contributed by atoms with E-state index < -0.39 is 0 Å². The highest BCUT2D eigenvalue weighted by Gasteiger charge is 2.14. The molecule has 0 fully saturated rings. The summed E-state index contributed by atoms with van der Waals surface area (Å²) in [7, 11) is 1.98. The van der Waals surface area contributed by atoms with Gasteiger partial charge in [0.15, 0.2) is 0 Å². The molecule has 1 heterocycles. The van der Waals surface area contributed by atoms with Gasteiger partial charge in [-0.2, -0.15) is 5.10 Å². The van der Waals surface area contributed by atoms with Gasteiger partial charge in [-0.15, -0.1) is 0 Å². The van der Waals surface area contributed by atoms with Crippen LogP contribution in [0, 0.1) is 11.8 Å². The molecule has 0 amide bonds. The van der Waals surface area contributed by atoms with Crippen LogP contribution in [0.1, 0.15) is 26.6 Å². The van der Waals surface area contributed by atoms with Crippen molar-refractivity contribution < 1.29 is 5.21 Å². The fourth-order valence-electron chi connectivity index (χ4n) is 1.87. The van der Waals surface area contributed by atoms with Gasteiger partial charge in [0.1, 0.15) is 18.0 Å². The number of amidine groups is 1. The Hall–Kier alpha value is -1.63. The van der Waals surface area contributed by atoms with Crippen LogP contribution in [0.25, 0.3) is 0 Å². The molecule has 0 bridgehead atoms. The fraction of sp³-hybridized carbons (Fsp3) is 0.750. The SMILES string of the molecule is CC(C)Cn1ncnc1CN(C)CC(C)C(N)=NO. The van der Waals surface area contributed by atoms with E-state index in [2.05, 4.69) is 34.0 Å². The van der Waals surface area contributed by atoms with E-state index in [1.54, 1.807) is 6.33 Å². The summed E-state index contributed by atoms with van der Waals surface area (Å²) in [6.07, 6.45) is 1.58. The van der Waals surface area contributed by atoms with Gasteiger partial charge in [-0.25, -0.2) is 9.67 Å². The maximum Gasteiger partial charge on any atom is 0.143 e. The molecule has 19 heavy (non-hydrogen) atoms. The van der Waals surface area contributed by atoms with Gasteiger partial charge in [-0.1, -0.05) is 25.9 Å². The molecular weight excluding hydrogens is 244 g/mol. The Bertz CT molecular complexity index is 414. The number of hydrogen-bond acceptors (Lipinski definition) is 5. The van der Waals surface area contributed by atoms with Gasteiger partial charge in [0.2, 0.25) is 0 Å². The quantitative estimate of drug-likeness (QED) is 0.329. The van der Waals surface area contributed by atoms with Crippen molar-refractivity contribution in [3.05, 3.63) is 12.2 Å². The maximum atomic E-state index is 8.64. The standard InChI is InChI=1S/C12H24N6O/c1-9(2)5-18-11(14-8-15-18)7-17(4)6-10(3)12(13)16-19/h8-10,19H,5-7H2,1-4H3,(H2,13,16). The van der Waals surface area contributed by atoms with Crippen LogP contribution in [0.15, 0.2) is 11.5 Å². The van der Waals surface area contributed by atoms with Crippen LogP contribution in [0.4, 0.5) is 0 Å². The van der Waals surface area contributed by atoms with Gasteiger partial charge >= 0.3 is 0 Å². The van der Waals surface area contributed by atoms with Crippen LogP contribution in [0.2, 0.25) is 0 Å². The Kier molecular flexibility index (Phi) is 5.75. The predicted octanol–water partition coefficient (Wildman–Crippen LogP) is 0.748. The molecule has 7 nitrogen and oxygen atoms in total. The molecule has 108 valence electrons. The number of oxime groups is 1. The minimum Gasteiger partial charge on any atom is -0.409 e. The summed E-state index contributed by atoms with van der Waals surface area (Å²) in [6, 6.07) is 0. The van der Waals surface area contributed by atoms with E-state index in [9.17, 15) is 0 Å². The zero-order chi connectivity index (χ0) is 14.4. The highest BCUT2D eigenvalue weighted by atomic mass is 16.4. The zero-order valence-corrected chi connectivity index (χ0v) is 12.1. The van der Waals surface area contributed by atoms with Crippen molar-refractivity contribution in [2.24, 2.45) is 22.7 Å². The van der Waals surface area contributed by atoms with Gasteiger partial charge in [-0.05, 0) is 13.0 Å². The second kappa shape index (κ2) is 7.08. The summed E-state index contributed by atoms with van der Waals surface area (Å²) in [5.74, 6) is 1.71. The van der Waals surface area contributed by atoms with E-state index in [1.807, 2.05) is 18.7 Å². The number of hydrogen-bond donors (Lipinski definition) is 2. The number of rotatable bonds is 7. The van der Waals surface area contributed by atoms with Crippen molar-refractivity contribution in [3.8, 4) is 0 Å². The minimum absolute atomic E-state index is 0.00327. The highest BCUT2D eigenvalue weighted by Crippen LogP contribution is 2.06. The zero-order valence-electron chi connectivity index (χ0n) is 12.1. The average molecular weight is 268 g/mol. The van der Waals surface area contributed by atoms with Gasteiger partial charge in [0, 0.05) is 19.0 Å². The third-order valence-electron chi connectivity index (χ3n) is 2.85. The molecule has 7 heteroatoms. The lowest BCUT2D eigenvalue weighted by molar-refractivity contribution is 0.279. The Morgan fingerprint density at radius 2 is 2.21 bits per heavy atom. The van der Waals surface area contributed by atoms with Crippen molar-refractivity contribution in [1.82, 2.24) is 19.7 Å². The van der Waals surface area contributed by atoms with Gasteiger partial charge in [0.05, 0.1) is 6.54 Å². The van der Waals surface area contributed by atoms with Crippen LogP contribution < -0.4 is 5.73 Å². The molecule has 0 radical (unpaired) electrons. The van der Waals surface area contributed by atoms with Crippen LogP contribution in [-0.4, -0.2) is 44.3 Å². The summed E-state index contributed by atoms with van der Waals surface area (Å²) in [4.78, 5) is 6.37. The van der Waals surface area contributed by atoms with E-state index in [0.717, 1.165) is 12.4 Å². The summed E-state index contributed by atoms with van der Waals surface area (Å²) in [5.41, 5.74) is 5.57. The normalized spacial score (nSPS) is 14.3. The average Bonchev–Trinajstić information content (AvgIpc) is 2.74. The first kappa shape index (κ1) is 15.4. The van der Waals surface area contributed by atoms with E-state index in [0.29, 0.717) is 19.0 Å². The van der Waals surface area contributed by atoms with Gasteiger partial charge < -0.3 is 10.9 Å². The topological polar surface area (TPSA) is 92.6 Å². The Morgan fingerprint density at radius 1 is 1.53 bits per heavy atom. The molecule has 0 aliphatic rings. The molecule has 0 saturated carbocycles. The van der Waals surface area contributed by atoms with Crippen LogP contribution in [0.3, 0.4) is 0 Å². The summed E-state index contributed by atoms with van der Waals surface area (Å²) < 4.78 is 1.93. The third-order valence-corrected chi connectivity index (χ3v) is 2.85. The van der Waals surface area contributed by atoms with E-state index >= 15 is 0 Å². The molecule has 1 atom stereocenters. The van der Waals surface area contributed by atoms with E-state index in [-0.39, 0.29) is 11.8 Å². The first-order chi connectivity index (χ1) is 8.93. The summed E-state index contributed by atoms with van der Waals surface area (Å²) in [5, 5.41) is 15.9. The van der Waals surface area contributed by atoms with E-state index in [4.69, 9.17) is 10.9 Å². The monoisotopic (exact) mass is 268 g/mol. The lowest BCUT2D eigenvalue weighted by atomic mass is 10.1. The third kappa shape index (κ3) is 4.86. The molecule has 1 aromatic rings. The molecule has 0 aromatic carbocycles. The molecule has 1 unspecified atom stereocenters. The Morgan fingerprint density at radius 3 is 2.79 bits per heavy atom. The van der Waals surface area contributed by atoms with Gasteiger partial charge in [0.25, 0.3) is 0 Å². The van der Waals surface area contributed by atoms with E-state index in [1.165, 1.54) is 0 Å². The lowest BCUT2D eigenvalue weighted by Gasteiger charge is -2.20. The first-order valence-electron chi connectivity index (χ1n) is 6.46. The molecule has 1 rings (SSSR count). The first-order valence-corrected chi connectivity index (χ1v) is 6.46. The number of nitrogens with zero attached hydrogens (tertiary/aromatic N) is 5. The fourth-order valence-corrected chi connectivity index (χ4v) is 1.87. The van der Waals surface area contributed by atoms with Crippen molar-refractivity contribution in [3.63, 3.8) is 0 Å². The molecule has 0 spiro atoms. The highest BCUT2D eigenvalue weighted by molar-refractivity contribution is 5.82. The van der Waals surface area contributed by atoms with Crippen molar-refractivity contribution in [2.45, 2.75) is 33.9 Å². The van der Waals surface area contributed by atoms with Crippen LogP contribution in [0.5, 0.6) is 0 Å². The van der Waals surface area contributed by atoms with Crippen molar-refractivity contribution in [2.75, 3.05) is 13.6 Å². The minimum atomic E-state index is -0.00327. The molecule has 0 aliphatic heterocycles. The molecule has 1 aromatic heterocycles. The lowest BCUT2D eigenvalue weighted by Crippen LogP contribution is -2.33. The molecule has 0 saturated heterocycles. The number of aromatic nitrogens is 3. The van der Waals surface area contributed by atoms with Gasteiger partial charge in [-0.3, -0.25) is 4.90 Å². The van der Waals surface area contributed by atoms with Crippen LogP contribution in [-0.2, 0) is 13.1 Å². The Balaban J connectivity index is 2.57. The number of nitrogens with two attached hydrogens (primary N) is 1.